The lowest BCUT2D eigenvalue weighted by atomic mass is 9.78. The van der Waals surface area contributed by atoms with Crippen molar-refractivity contribution in [3.05, 3.63) is 0 Å². The molecule has 3 N–H and O–H groups in total. The molecule has 0 aromatic carbocycles. The quantitative estimate of drug-likeness (QED) is 0.668. The Bertz CT molecular complexity index is 284. The van der Waals surface area contributed by atoms with E-state index in [9.17, 15) is 4.79 Å². The molecule has 106 valence electrons. The van der Waals surface area contributed by atoms with Crippen LogP contribution in [0.25, 0.3) is 0 Å². The lowest BCUT2D eigenvalue weighted by molar-refractivity contribution is -0.129. The van der Waals surface area contributed by atoms with Crippen LogP contribution < -0.4 is 11.1 Å². The maximum absolute atomic E-state index is 12.5. The minimum Gasteiger partial charge on any atom is -0.392 e. The van der Waals surface area contributed by atoms with Gasteiger partial charge in [0.05, 0.1) is 10.4 Å². The standard InChI is InChI=1S/C14H28N2OS/c1-6-8-14(9-7-2,12(15)18)13(17)16-11(5)10(3)4/h10-11H,6-9H2,1-5H3,(H2,15,18)(H,16,17). The van der Waals surface area contributed by atoms with Crippen LogP contribution in [0.4, 0.5) is 0 Å². The molecule has 0 aromatic heterocycles. The first-order valence-corrected chi connectivity index (χ1v) is 7.33. The fourth-order valence-corrected chi connectivity index (χ4v) is 2.37. The van der Waals surface area contributed by atoms with Gasteiger partial charge in [-0.15, -0.1) is 0 Å². The van der Waals surface area contributed by atoms with Crippen LogP contribution in [0.1, 0.15) is 60.3 Å². The Morgan fingerprint density at radius 1 is 1.22 bits per heavy atom. The molecule has 18 heavy (non-hydrogen) atoms. The number of carbonyl (C=O) groups is 1. The molecule has 0 saturated carbocycles. The van der Waals surface area contributed by atoms with Gasteiger partial charge in [-0.2, -0.15) is 0 Å². The first-order valence-electron chi connectivity index (χ1n) is 6.92. The number of hydrogen-bond acceptors (Lipinski definition) is 2. The predicted octanol–water partition coefficient (Wildman–Crippen LogP) is 3.02. The van der Waals surface area contributed by atoms with E-state index in [4.69, 9.17) is 18.0 Å². The molecule has 0 aliphatic heterocycles. The third kappa shape index (κ3) is 4.23. The molecule has 0 radical (unpaired) electrons. The van der Waals surface area contributed by atoms with Gasteiger partial charge in [-0.1, -0.05) is 52.8 Å². The molecule has 3 nitrogen and oxygen atoms in total. The highest BCUT2D eigenvalue weighted by Gasteiger charge is 2.40. The van der Waals surface area contributed by atoms with Crippen molar-refractivity contribution in [1.82, 2.24) is 5.32 Å². The highest BCUT2D eigenvalue weighted by Crippen LogP contribution is 2.31. The molecule has 0 rings (SSSR count). The normalized spacial score (nSPS) is 13.4. The molecule has 4 heteroatoms. The average Bonchev–Trinajstić information content (AvgIpc) is 2.27. The summed E-state index contributed by atoms with van der Waals surface area (Å²) in [7, 11) is 0. The minimum absolute atomic E-state index is 0.0000926. The summed E-state index contributed by atoms with van der Waals surface area (Å²) in [5, 5.41) is 3.06. The van der Waals surface area contributed by atoms with Crippen molar-refractivity contribution < 1.29 is 4.79 Å². The monoisotopic (exact) mass is 272 g/mol. The maximum Gasteiger partial charge on any atom is 0.233 e. The van der Waals surface area contributed by atoms with Gasteiger partial charge < -0.3 is 11.1 Å². The van der Waals surface area contributed by atoms with E-state index in [-0.39, 0.29) is 11.9 Å². The second kappa shape index (κ2) is 7.72. The van der Waals surface area contributed by atoms with Crippen molar-refractivity contribution in [2.75, 3.05) is 0 Å². The molecule has 0 spiro atoms. The van der Waals surface area contributed by atoms with E-state index < -0.39 is 5.41 Å². The summed E-state index contributed by atoms with van der Waals surface area (Å²) in [6.07, 6.45) is 3.27. The van der Waals surface area contributed by atoms with Gasteiger partial charge in [0.25, 0.3) is 0 Å². The van der Waals surface area contributed by atoms with Crippen LogP contribution in [-0.2, 0) is 4.79 Å². The van der Waals surface area contributed by atoms with E-state index >= 15 is 0 Å². The molecular formula is C14H28N2OS. The molecule has 1 unspecified atom stereocenters. The van der Waals surface area contributed by atoms with Gasteiger partial charge in [0.1, 0.15) is 0 Å². The van der Waals surface area contributed by atoms with Crippen molar-refractivity contribution in [2.45, 2.75) is 66.3 Å². The molecule has 0 bridgehead atoms. The van der Waals surface area contributed by atoms with E-state index in [1.54, 1.807) is 0 Å². The highest BCUT2D eigenvalue weighted by molar-refractivity contribution is 7.80. The summed E-state index contributed by atoms with van der Waals surface area (Å²) >= 11 is 5.17. The van der Waals surface area contributed by atoms with Crippen LogP contribution in [0.3, 0.4) is 0 Å². The molecule has 0 aliphatic carbocycles. The van der Waals surface area contributed by atoms with Gasteiger partial charge in [-0.3, -0.25) is 4.79 Å². The van der Waals surface area contributed by atoms with Crippen molar-refractivity contribution in [3.63, 3.8) is 0 Å². The number of carbonyl (C=O) groups excluding carboxylic acids is 1. The van der Waals surface area contributed by atoms with Gasteiger partial charge in [0, 0.05) is 6.04 Å². The zero-order valence-corrected chi connectivity index (χ0v) is 13.2. The Morgan fingerprint density at radius 3 is 1.94 bits per heavy atom. The Labute approximate surface area is 117 Å². The van der Waals surface area contributed by atoms with Crippen LogP contribution >= 0.6 is 12.2 Å². The number of rotatable bonds is 8. The third-order valence-corrected chi connectivity index (χ3v) is 4.01. The van der Waals surface area contributed by atoms with Crippen molar-refractivity contribution >= 4 is 23.1 Å². The Hall–Kier alpha value is -0.640. The zero-order chi connectivity index (χ0) is 14.3. The van der Waals surface area contributed by atoms with E-state index in [2.05, 4.69) is 33.0 Å². The number of hydrogen-bond donors (Lipinski definition) is 2. The minimum atomic E-state index is -0.665. The summed E-state index contributed by atoms with van der Waals surface area (Å²) in [5.41, 5.74) is 5.20. The van der Waals surface area contributed by atoms with Crippen molar-refractivity contribution in [1.29, 1.82) is 0 Å². The van der Waals surface area contributed by atoms with Crippen LogP contribution in [-0.4, -0.2) is 16.9 Å². The van der Waals surface area contributed by atoms with E-state index in [0.717, 1.165) is 25.7 Å². The molecule has 1 amide bonds. The van der Waals surface area contributed by atoms with Crippen LogP contribution in [0.5, 0.6) is 0 Å². The topological polar surface area (TPSA) is 55.1 Å². The van der Waals surface area contributed by atoms with Gasteiger partial charge in [-0.05, 0) is 25.7 Å². The highest BCUT2D eigenvalue weighted by atomic mass is 32.1. The van der Waals surface area contributed by atoms with Crippen molar-refractivity contribution in [2.24, 2.45) is 17.1 Å². The number of nitrogens with two attached hydrogens (primary N) is 1. The summed E-state index contributed by atoms with van der Waals surface area (Å²) in [5.74, 6) is 0.404. The van der Waals surface area contributed by atoms with E-state index in [0.29, 0.717) is 10.9 Å². The third-order valence-electron chi connectivity index (χ3n) is 3.62. The van der Waals surface area contributed by atoms with E-state index in [1.165, 1.54) is 0 Å². The fourth-order valence-electron chi connectivity index (χ4n) is 2.08. The van der Waals surface area contributed by atoms with Gasteiger partial charge in [0.2, 0.25) is 5.91 Å². The Kier molecular flexibility index (Phi) is 7.45. The van der Waals surface area contributed by atoms with Crippen LogP contribution in [0.2, 0.25) is 0 Å². The first-order chi connectivity index (χ1) is 8.31. The maximum atomic E-state index is 12.5. The second-order valence-corrected chi connectivity index (χ2v) is 5.89. The van der Waals surface area contributed by atoms with E-state index in [1.807, 2.05) is 6.92 Å². The molecule has 0 saturated heterocycles. The second-order valence-electron chi connectivity index (χ2n) is 5.45. The summed E-state index contributed by atoms with van der Waals surface area (Å²) in [4.78, 5) is 12.9. The number of amides is 1. The molecular weight excluding hydrogens is 244 g/mol. The lowest BCUT2D eigenvalue weighted by Gasteiger charge is -2.33. The summed E-state index contributed by atoms with van der Waals surface area (Å²) in [6.45, 7) is 10.3. The lowest BCUT2D eigenvalue weighted by Crippen LogP contribution is -2.52. The molecule has 1 atom stereocenters. The number of thiocarbonyl (C=S) groups is 1. The largest absolute Gasteiger partial charge is 0.392 e. The van der Waals surface area contributed by atoms with Gasteiger partial charge in [-0.25, -0.2) is 0 Å². The Balaban J connectivity index is 5.05. The molecule has 0 fully saturated rings. The average molecular weight is 272 g/mol. The molecule has 0 aromatic rings. The smallest absolute Gasteiger partial charge is 0.233 e. The summed E-state index contributed by atoms with van der Waals surface area (Å²) < 4.78 is 0. The van der Waals surface area contributed by atoms with Crippen molar-refractivity contribution in [3.8, 4) is 0 Å². The zero-order valence-electron chi connectivity index (χ0n) is 12.4. The fraction of sp³-hybridized carbons (Fsp3) is 0.857. The molecule has 0 heterocycles. The van der Waals surface area contributed by atoms with Gasteiger partial charge >= 0.3 is 0 Å². The SMILES string of the molecule is CCCC(CCC)(C(=O)NC(C)C(C)C)C(N)=S. The van der Waals surface area contributed by atoms with Crippen LogP contribution in [0, 0.1) is 11.3 Å². The first kappa shape index (κ1) is 17.4. The van der Waals surface area contributed by atoms with Crippen LogP contribution in [0.15, 0.2) is 0 Å². The molecule has 0 aliphatic rings. The Morgan fingerprint density at radius 2 is 1.67 bits per heavy atom. The number of nitrogens with one attached hydrogen (secondary N) is 1. The van der Waals surface area contributed by atoms with Gasteiger partial charge in [0.15, 0.2) is 0 Å². The predicted molar refractivity (Wildman–Crippen MR) is 81.5 cm³/mol. The summed E-state index contributed by atoms with van der Waals surface area (Å²) in [6, 6.07) is 0.139.